The van der Waals surface area contributed by atoms with Crippen molar-refractivity contribution in [2.75, 3.05) is 24.5 Å². The first-order chi connectivity index (χ1) is 10.6. The summed E-state index contributed by atoms with van der Waals surface area (Å²) in [7, 11) is 0. The molecule has 2 rings (SSSR count). The van der Waals surface area contributed by atoms with Crippen LogP contribution < -0.4 is 4.90 Å². The zero-order valence-electron chi connectivity index (χ0n) is 13.1. The zero-order chi connectivity index (χ0) is 15.9. The summed E-state index contributed by atoms with van der Waals surface area (Å²) < 4.78 is 13.0. The third-order valence-electron chi connectivity index (χ3n) is 4.03. The topological polar surface area (TPSA) is 40.6 Å². The molecule has 4 nitrogen and oxygen atoms in total. The fraction of sp³-hybridized carbons (Fsp3) is 0.529. The van der Waals surface area contributed by atoms with Crippen LogP contribution in [0.15, 0.2) is 24.3 Å². The van der Waals surface area contributed by atoms with E-state index >= 15 is 0 Å². The lowest BCUT2D eigenvalue weighted by Gasteiger charge is -2.24. The Bertz CT molecular complexity index is 508. The molecule has 1 aliphatic rings. The molecule has 0 unspecified atom stereocenters. The van der Waals surface area contributed by atoms with E-state index < -0.39 is 0 Å². The average molecular weight is 306 g/mol. The van der Waals surface area contributed by atoms with Gasteiger partial charge < -0.3 is 9.80 Å². The van der Waals surface area contributed by atoms with E-state index in [2.05, 4.69) is 0 Å². The summed E-state index contributed by atoms with van der Waals surface area (Å²) in [4.78, 5) is 27.5. The Morgan fingerprint density at radius 3 is 2.23 bits per heavy atom. The monoisotopic (exact) mass is 306 g/mol. The van der Waals surface area contributed by atoms with E-state index in [9.17, 15) is 14.0 Å². The van der Waals surface area contributed by atoms with Gasteiger partial charge in [-0.15, -0.1) is 0 Å². The standard InChI is InChI=1S/C17H23FN2O2/c1-14(21)20(16-8-6-15(18)7-9-16)13-10-17(22)19-11-4-2-3-5-12-19/h6-9H,2-5,10-13H2,1H3. The second-order valence-corrected chi connectivity index (χ2v) is 5.69. The number of rotatable bonds is 4. The maximum absolute atomic E-state index is 13.0. The lowest BCUT2D eigenvalue weighted by molar-refractivity contribution is -0.131. The summed E-state index contributed by atoms with van der Waals surface area (Å²) >= 11 is 0. The summed E-state index contributed by atoms with van der Waals surface area (Å²) in [6.07, 6.45) is 4.77. The van der Waals surface area contributed by atoms with E-state index in [1.54, 1.807) is 12.1 Å². The molecule has 2 amide bonds. The van der Waals surface area contributed by atoms with Gasteiger partial charge >= 0.3 is 0 Å². The maximum atomic E-state index is 13.0. The summed E-state index contributed by atoms with van der Waals surface area (Å²) in [5.41, 5.74) is 0.623. The molecule has 0 atom stereocenters. The Morgan fingerprint density at radius 2 is 1.68 bits per heavy atom. The van der Waals surface area contributed by atoms with Crippen LogP contribution in [0.3, 0.4) is 0 Å². The normalized spacial score (nSPS) is 15.3. The summed E-state index contributed by atoms with van der Waals surface area (Å²) in [5.74, 6) is -0.390. The molecule has 0 radical (unpaired) electrons. The lowest BCUT2D eigenvalue weighted by atomic mass is 10.2. The van der Waals surface area contributed by atoms with Crippen molar-refractivity contribution in [3.63, 3.8) is 0 Å². The molecule has 120 valence electrons. The van der Waals surface area contributed by atoms with Crippen LogP contribution in [-0.4, -0.2) is 36.3 Å². The minimum absolute atomic E-state index is 0.0928. The molecular formula is C17H23FN2O2. The predicted molar refractivity (Wildman–Crippen MR) is 84.1 cm³/mol. The largest absolute Gasteiger partial charge is 0.343 e. The highest BCUT2D eigenvalue weighted by Crippen LogP contribution is 2.16. The smallest absolute Gasteiger partial charge is 0.224 e. The molecule has 22 heavy (non-hydrogen) atoms. The van der Waals surface area contributed by atoms with Crippen LogP contribution in [-0.2, 0) is 9.59 Å². The number of likely N-dealkylation sites (tertiary alicyclic amines) is 1. The maximum Gasteiger partial charge on any atom is 0.224 e. The Labute approximate surface area is 130 Å². The van der Waals surface area contributed by atoms with Gasteiger partial charge in [0.1, 0.15) is 5.82 Å². The van der Waals surface area contributed by atoms with Gasteiger partial charge in [0.25, 0.3) is 0 Å². The molecule has 1 heterocycles. The van der Waals surface area contributed by atoms with E-state index in [1.807, 2.05) is 4.90 Å². The average Bonchev–Trinajstić information content (AvgIpc) is 2.78. The first-order valence-electron chi connectivity index (χ1n) is 7.89. The minimum Gasteiger partial charge on any atom is -0.343 e. The molecular weight excluding hydrogens is 283 g/mol. The lowest BCUT2D eigenvalue weighted by Crippen LogP contribution is -2.36. The number of halogens is 1. The van der Waals surface area contributed by atoms with Crippen molar-refractivity contribution in [2.45, 2.75) is 39.0 Å². The van der Waals surface area contributed by atoms with Gasteiger partial charge in [-0.3, -0.25) is 9.59 Å². The summed E-state index contributed by atoms with van der Waals surface area (Å²) in [6.45, 7) is 3.42. The van der Waals surface area contributed by atoms with Gasteiger partial charge in [-0.25, -0.2) is 4.39 Å². The summed E-state index contributed by atoms with van der Waals surface area (Å²) in [5, 5.41) is 0. The van der Waals surface area contributed by atoms with Crippen molar-refractivity contribution in [1.82, 2.24) is 4.90 Å². The van der Waals surface area contributed by atoms with Gasteiger partial charge in [-0.2, -0.15) is 0 Å². The highest BCUT2D eigenvalue weighted by atomic mass is 19.1. The Balaban J connectivity index is 1.95. The third kappa shape index (κ3) is 4.55. The van der Waals surface area contributed by atoms with Crippen LogP contribution in [0.5, 0.6) is 0 Å². The highest BCUT2D eigenvalue weighted by molar-refractivity contribution is 5.92. The Morgan fingerprint density at radius 1 is 1.09 bits per heavy atom. The minimum atomic E-state index is -0.340. The van der Waals surface area contributed by atoms with E-state index in [-0.39, 0.29) is 17.6 Å². The third-order valence-corrected chi connectivity index (χ3v) is 4.03. The van der Waals surface area contributed by atoms with Crippen LogP contribution in [0.1, 0.15) is 39.0 Å². The van der Waals surface area contributed by atoms with E-state index in [0.717, 1.165) is 25.9 Å². The van der Waals surface area contributed by atoms with Crippen molar-refractivity contribution in [2.24, 2.45) is 0 Å². The second kappa shape index (κ2) is 7.92. The fourth-order valence-corrected chi connectivity index (χ4v) is 2.78. The van der Waals surface area contributed by atoms with Crippen LogP contribution >= 0.6 is 0 Å². The molecule has 1 aromatic rings. The number of carbonyl (C=O) groups excluding carboxylic acids is 2. The molecule has 1 fully saturated rings. The first kappa shape index (κ1) is 16.5. The van der Waals surface area contributed by atoms with E-state index in [4.69, 9.17) is 0 Å². The first-order valence-corrected chi connectivity index (χ1v) is 7.89. The van der Waals surface area contributed by atoms with E-state index in [0.29, 0.717) is 18.7 Å². The second-order valence-electron chi connectivity index (χ2n) is 5.69. The van der Waals surface area contributed by atoms with Crippen molar-refractivity contribution in [3.05, 3.63) is 30.1 Å². The predicted octanol–water partition coefficient (Wildman–Crippen LogP) is 2.97. The quantitative estimate of drug-likeness (QED) is 0.858. The molecule has 0 aliphatic carbocycles. The van der Waals surface area contributed by atoms with Gasteiger partial charge in [-0.1, -0.05) is 12.8 Å². The fourth-order valence-electron chi connectivity index (χ4n) is 2.78. The van der Waals surface area contributed by atoms with Gasteiger partial charge in [0, 0.05) is 38.7 Å². The number of amides is 2. The van der Waals surface area contributed by atoms with Crippen LogP contribution in [0.2, 0.25) is 0 Å². The van der Waals surface area contributed by atoms with Crippen LogP contribution in [0.4, 0.5) is 10.1 Å². The molecule has 0 saturated carbocycles. The molecule has 1 saturated heterocycles. The van der Waals surface area contributed by atoms with Gasteiger partial charge in [0.2, 0.25) is 11.8 Å². The zero-order valence-corrected chi connectivity index (χ0v) is 13.1. The number of hydrogen-bond acceptors (Lipinski definition) is 2. The molecule has 1 aliphatic heterocycles. The molecule has 1 aromatic carbocycles. The summed E-state index contributed by atoms with van der Waals surface area (Å²) in [6, 6.07) is 5.77. The Hall–Kier alpha value is -1.91. The SMILES string of the molecule is CC(=O)N(CCC(=O)N1CCCCCC1)c1ccc(F)cc1. The van der Waals surface area contributed by atoms with Gasteiger partial charge in [0.05, 0.1) is 0 Å². The van der Waals surface area contributed by atoms with E-state index in [1.165, 1.54) is 36.8 Å². The van der Waals surface area contributed by atoms with Crippen molar-refractivity contribution in [1.29, 1.82) is 0 Å². The number of carbonyl (C=O) groups is 2. The van der Waals surface area contributed by atoms with Gasteiger partial charge in [0.15, 0.2) is 0 Å². The van der Waals surface area contributed by atoms with Gasteiger partial charge in [-0.05, 0) is 37.1 Å². The number of hydrogen-bond donors (Lipinski definition) is 0. The highest BCUT2D eigenvalue weighted by Gasteiger charge is 2.18. The molecule has 5 heteroatoms. The van der Waals surface area contributed by atoms with Crippen LogP contribution in [0, 0.1) is 5.82 Å². The number of nitrogens with zero attached hydrogens (tertiary/aromatic N) is 2. The van der Waals surface area contributed by atoms with Crippen molar-refractivity contribution < 1.29 is 14.0 Å². The Kier molecular flexibility index (Phi) is 5.92. The number of benzene rings is 1. The molecule has 0 N–H and O–H groups in total. The van der Waals surface area contributed by atoms with Crippen molar-refractivity contribution in [3.8, 4) is 0 Å². The van der Waals surface area contributed by atoms with Crippen LogP contribution in [0.25, 0.3) is 0 Å². The van der Waals surface area contributed by atoms with Crippen molar-refractivity contribution >= 4 is 17.5 Å². The number of anilines is 1. The molecule has 0 aromatic heterocycles. The molecule has 0 bridgehead atoms. The molecule has 0 spiro atoms.